The van der Waals surface area contributed by atoms with Crippen molar-refractivity contribution in [2.45, 2.75) is 50.9 Å². The van der Waals surface area contributed by atoms with Gasteiger partial charge in [0, 0.05) is 65.2 Å². The van der Waals surface area contributed by atoms with Crippen LogP contribution in [0.1, 0.15) is 43.2 Å². The second-order valence-electron chi connectivity index (χ2n) is 10.2. The monoisotopic (exact) mass is 506 g/mol. The SMILES string of the molecule is O=C(NCCCN1CCc2ccccc2C1)[C@H]1CCCN(S(=O)(=O)N2CCC3(CC2)OCCO3)C1. The molecule has 194 valence electrons. The van der Waals surface area contributed by atoms with E-state index in [4.69, 9.17) is 9.47 Å². The number of carbonyl (C=O) groups is 1. The Morgan fingerprint density at radius 1 is 1.03 bits per heavy atom. The Labute approximate surface area is 208 Å². The summed E-state index contributed by atoms with van der Waals surface area (Å²) in [7, 11) is -3.59. The Kier molecular flexibility index (Phi) is 7.76. The first-order valence-electron chi connectivity index (χ1n) is 13.1. The normalized spacial score (nSPS) is 26.0. The molecule has 1 spiro atoms. The molecule has 10 heteroatoms. The molecule has 35 heavy (non-hydrogen) atoms. The van der Waals surface area contributed by atoms with Crippen LogP contribution in [0.15, 0.2) is 24.3 Å². The van der Waals surface area contributed by atoms with Gasteiger partial charge in [0.25, 0.3) is 10.2 Å². The van der Waals surface area contributed by atoms with Gasteiger partial charge in [-0.1, -0.05) is 24.3 Å². The summed E-state index contributed by atoms with van der Waals surface area (Å²) >= 11 is 0. The van der Waals surface area contributed by atoms with E-state index in [0.29, 0.717) is 58.7 Å². The molecule has 4 aliphatic rings. The van der Waals surface area contributed by atoms with Crippen molar-refractivity contribution in [2.75, 3.05) is 59.0 Å². The first-order valence-corrected chi connectivity index (χ1v) is 14.4. The predicted octanol–water partition coefficient (Wildman–Crippen LogP) is 1.35. The average Bonchev–Trinajstić information content (AvgIpc) is 3.34. The third-order valence-electron chi connectivity index (χ3n) is 7.87. The highest BCUT2D eigenvalue weighted by molar-refractivity contribution is 7.86. The summed E-state index contributed by atoms with van der Waals surface area (Å²) in [5.74, 6) is -0.925. The zero-order valence-corrected chi connectivity index (χ0v) is 21.3. The molecule has 1 atom stereocenters. The van der Waals surface area contributed by atoms with Gasteiger partial charge in [0.1, 0.15) is 0 Å². The summed E-state index contributed by atoms with van der Waals surface area (Å²) in [5.41, 5.74) is 2.84. The molecular weight excluding hydrogens is 468 g/mol. The molecular formula is C25H38N4O5S. The second kappa shape index (κ2) is 10.8. The van der Waals surface area contributed by atoms with Crippen LogP contribution in [0, 0.1) is 5.92 Å². The van der Waals surface area contributed by atoms with E-state index >= 15 is 0 Å². The van der Waals surface area contributed by atoms with E-state index in [0.717, 1.165) is 38.9 Å². The molecule has 3 fully saturated rings. The molecule has 0 unspecified atom stereocenters. The number of rotatable bonds is 7. The highest BCUT2D eigenvalue weighted by Crippen LogP contribution is 2.33. The fraction of sp³-hybridized carbons (Fsp3) is 0.720. The van der Waals surface area contributed by atoms with Crippen LogP contribution in [-0.4, -0.2) is 92.6 Å². The molecule has 0 radical (unpaired) electrons. The summed E-state index contributed by atoms with van der Waals surface area (Å²) in [4.78, 5) is 15.3. The Morgan fingerprint density at radius 2 is 1.77 bits per heavy atom. The summed E-state index contributed by atoms with van der Waals surface area (Å²) in [6.07, 6.45) is 4.49. The number of amides is 1. The standard InChI is InChI=1S/C25H38N4O5S/c30-24(26-11-4-12-27-14-8-21-5-1-2-6-22(21)19-27)23-7-3-13-29(20-23)35(31,32)28-15-9-25(10-16-28)33-17-18-34-25/h1-2,5-6,23H,3-4,7-20H2,(H,26,30)/t23-/m0/s1. The smallest absolute Gasteiger partial charge is 0.282 e. The lowest BCUT2D eigenvalue weighted by Crippen LogP contribution is -2.54. The van der Waals surface area contributed by atoms with Crippen molar-refractivity contribution in [1.29, 1.82) is 0 Å². The van der Waals surface area contributed by atoms with Crippen LogP contribution in [-0.2, 0) is 37.4 Å². The number of nitrogens with one attached hydrogen (secondary N) is 1. The highest BCUT2D eigenvalue weighted by Gasteiger charge is 2.44. The lowest BCUT2D eigenvalue weighted by Gasteiger charge is -2.40. The maximum absolute atomic E-state index is 13.3. The van der Waals surface area contributed by atoms with Gasteiger partial charge < -0.3 is 14.8 Å². The predicted molar refractivity (Wildman–Crippen MR) is 132 cm³/mol. The van der Waals surface area contributed by atoms with Crippen molar-refractivity contribution >= 4 is 16.1 Å². The van der Waals surface area contributed by atoms with Gasteiger partial charge in [-0.05, 0) is 36.8 Å². The number of ether oxygens (including phenoxy) is 2. The number of carbonyl (C=O) groups excluding carboxylic acids is 1. The molecule has 4 aliphatic heterocycles. The van der Waals surface area contributed by atoms with Crippen LogP contribution in [0.4, 0.5) is 0 Å². The molecule has 5 rings (SSSR count). The van der Waals surface area contributed by atoms with Crippen LogP contribution in [0.3, 0.4) is 0 Å². The quantitative estimate of drug-likeness (QED) is 0.562. The Balaban J connectivity index is 1.05. The zero-order chi connectivity index (χ0) is 24.3. The Hall–Kier alpha value is -1.56. The average molecular weight is 507 g/mol. The minimum absolute atomic E-state index is 0.0285. The first kappa shape index (κ1) is 25.1. The third-order valence-corrected chi connectivity index (χ3v) is 9.87. The summed E-state index contributed by atoms with van der Waals surface area (Å²) in [5, 5.41) is 3.06. The Bertz CT molecular complexity index is 987. The number of hydrogen-bond donors (Lipinski definition) is 1. The molecule has 1 amide bonds. The number of benzene rings is 1. The molecule has 1 N–H and O–H groups in total. The molecule has 0 saturated carbocycles. The Morgan fingerprint density at radius 3 is 2.54 bits per heavy atom. The number of nitrogens with zero attached hydrogens (tertiary/aromatic N) is 3. The van der Waals surface area contributed by atoms with Gasteiger partial charge in [0.05, 0.1) is 19.1 Å². The molecule has 0 aromatic heterocycles. The molecule has 1 aromatic carbocycles. The number of piperidine rings is 2. The van der Waals surface area contributed by atoms with E-state index in [1.54, 1.807) is 0 Å². The molecule has 1 aromatic rings. The number of fused-ring (bicyclic) bond motifs is 1. The second-order valence-corrected chi connectivity index (χ2v) is 12.1. The highest BCUT2D eigenvalue weighted by atomic mass is 32.2. The van der Waals surface area contributed by atoms with Crippen molar-refractivity contribution in [3.63, 3.8) is 0 Å². The minimum atomic E-state index is -3.59. The molecule has 4 heterocycles. The maximum atomic E-state index is 13.3. The van der Waals surface area contributed by atoms with Gasteiger partial charge in [-0.2, -0.15) is 17.0 Å². The van der Waals surface area contributed by atoms with E-state index in [9.17, 15) is 13.2 Å². The van der Waals surface area contributed by atoms with Crippen LogP contribution < -0.4 is 5.32 Å². The van der Waals surface area contributed by atoms with Gasteiger partial charge in [0.15, 0.2) is 5.79 Å². The minimum Gasteiger partial charge on any atom is -0.356 e. The number of hydrogen-bond acceptors (Lipinski definition) is 6. The largest absolute Gasteiger partial charge is 0.356 e. The van der Waals surface area contributed by atoms with Crippen molar-refractivity contribution in [2.24, 2.45) is 5.92 Å². The van der Waals surface area contributed by atoms with Gasteiger partial charge in [-0.25, -0.2) is 0 Å². The van der Waals surface area contributed by atoms with E-state index < -0.39 is 16.0 Å². The summed E-state index contributed by atoms with van der Waals surface area (Å²) in [6, 6.07) is 8.60. The van der Waals surface area contributed by atoms with Crippen molar-refractivity contribution in [3.05, 3.63) is 35.4 Å². The third kappa shape index (κ3) is 5.73. The van der Waals surface area contributed by atoms with Crippen LogP contribution in [0.5, 0.6) is 0 Å². The zero-order valence-electron chi connectivity index (χ0n) is 20.5. The van der Waals surface area contributed by atoms with Gasteiger partial charge >= 0.3 is 0 Å². The fourth-order valence-electron chi connectivity index (χ4n) is 5.78. The van der Waals surface area contributed by atoms with E-state index in [1.807, 2.05) is 0 Å². The van der Waals surface area contributed by atoms with Crippen LogP contribution in [0.2, 0.25) is 0 Å². The van der Waals surface area contributed by atoms with Crippen molar-refractivity contribution in [3.8, 4) is 0 Å². The molecule has 0 aliphatic carbocycles. The molecule has 3 saturated heterocycles. The van der Waals surface area contributed by atoms with Crippen molar-refractivity contribution in [1.82, 2.24) is 18.8 Å². The van der Waals surface area contributed by atoms with Gasteiger partial charge in [-0.15, -0.1) is 0 Å². The van der Waals surface area contributed by atoms with Crippen LogP contribution >= 0.6 is 0 Å². The lowest BCUT2D eigenvalue weighted by atomic mass is 9.99. The summed E-state index contributed by atoms with van der Waals surface area (Å²) < 4.78 is 41.0. The fourth-order valence-corrected chi connectivity index (χ4v) is 7.47. The topological polar surface area (TPSA) is 91.4 Å². The maximum Gasteiger partial charge on any atom is 0.282 e. The summed E-state index contributed by atoms with van der Waals surface area (Å²) in [6.45, 7) is 6.23. The van der Waals surface area contributed by atoms with Gasteiger partial charge in [0.2, 0.25) is 5.91 Å². The van der Waals surface area contributed by atoms with Crippen LogP contribution in [0.25, 0.3) is 0 Å². The molecule has 9 nitrogen and oxygen atoms in total. The van der Waals surface area contributed by atoms with E-state index in [1.165, 1.54) is 19.7 Å². The van der Waals surface area contributed by atoms with E-state index in [2.05, 4.69) is 34.5 Å². The van der Waals surface area contributed by atoms with E-state index in [-0.39, 0.29) is 18.4 Å². The first-order chi connectivity index (χ1) is 17.0. The van der Waals surface area contributed by atoms with Gasteiger partial charge in [-0.3, -0.25) is 9.69 Å². The van der Waals surface area contributed by atoms with Crippen molar-refractivity contribution < 1.29 is 22.7 Å². The molecule has 0 bridgehead atoms. The lowest BCUT2D eigenvalue weighted by molar-refractivity contribution is -0.179.